The van der Waals surface area contributed by atoms with Gasteiger partial charge in [0.15, 0.2) is 5.58 Å². The summed E-state index contributed by atoms with van der Waals surface area (Å²) in [5, 5.41) is 5.82. The lowest BCUT2D eigenvalue weighted by atomic mass is 10.1. The van der Waals surface area contributed by atoms with E-state index in [1.54, 1.807) is 0 Å². The normalized spacial score (nSPS) is 11.8. The first-order valence-electron chi connectivity index (χ1n) is 13.1. The number of hydrogen-bond donors (Lipinski definition) is 0. The van der Waals surface area contributed by atoms with Gasteiger partial charge in [0.1, 0.15) is 5.58 Å². The first-order valence-corrected chi connectivity index (χ1v) is 13.1. The van der Waals surface area contributed by atoms with Crippen LogP contribution >= 0.6 is 0 Å². The van der Waals surface area contributed by atoms with Gasteiger partial charge in [-0.2, -0.15) is 0 Å². The summed E-state index contributed by atoms with van der Waals surface area (Å²) >= 11 is 0. The highest BCUT2D eigenvalue weighted by molar-refractivity contribution is 6.11. The molecular weight excluding hydrogens is 476 g/mol. The third-order valence-corrected chi connectivity index (χ3v) is 7.89. The van der Waals surface area contributed by atoms with Crippen molar-refractivity contribution < 1.29 is 4.42 Å². The van der Waals surface area contributed by atoms with Gasteiger partial charge < -0.3 is 13.6 Å². The second-order valence-electron chi connectivity index (χ2n) is 9.87. The van der Waals surface area contributed by atoms with Crippen LogP contribution in [-0.4, -0.2) is 9.13 Å². The van der Waals surface area contributed by atoms with Crippen molar-refractivity contribution in [1.82, 2.24) is 9.13 Å². The van der Waals surface area contributed by atoms with Gasteiger partial charge in [-0.05, 0) is 48.5 Å². The minimum atomic E-state index is 0.853. The molecule has 5 aromatic carbocycles. The summed E-state index contributed by atoms with van der Waals surface area (Å²) in [5.41, 5.74) is 9.37. The molecular formula is C36H24N2O. The predicted molar refractivity (Wildman–Crippen MR) is 165 cm³/mol. The standard InChI is InChI=1S/C36H24N2O/c1-3-24-25-12-5-10-18-33(25)38(30(24)4-2)34-19-11-15-28-29-22-23(20-21-35(29)39-36(28)34)37-31-16-8-6-13-26(31)27-14-7-9-17-32(27)37/h3-22H,1-2H2. The highest BCUT2D eigenvalue weighted by atomic mass is 16.3. The smallest absolute Gasteiger partial charge is 0.159 e. The van der Waals surface area contributed by atoms with Crippen molar-refractivity contribution in [1.29, 1.82) is 0 Å². The second-order valence-corrected chi connectivity index (χ2v) is 9.87. The van der Waals surface area contributed by atoms with Gasteiger partial charge >= 0.3 is 0 Å². The molecule has 0 amide bonds. The van der Waals surface area contributed by atoms with Crippen LogP contribution in [0.15, 0.2) is 127 Å². The molecule has 39 heavy (non-hydrogen) atoms. The Bertz CT molecular complexity index is 2220. The van der Waals surface area contributed by atoms with Crippen LogP contribution in [0.4, 0.5) is 0 Å². The molecule has 0 saturated heterocycles. The van der Waals surface area contributed by atoms with E-state index in [9.17, 15) is 0 Å². The maximum Gasteiger partial charge on any atom is 0.159 e. The van der Waals surface area contributed by atoms with Crippen molar-refractivity contribution in [2.24, 2.45) is 0 Å². The van der Waals surface area contributed by atoms with E-state index < -0.39 is 0 Å². The quantitative estimate of drug-likeness (QED) is 0.236. The van der Waals surface area contributed by atoms with E-state index in [1.165, 1.54) is 21.8 Å². The minimum absolute atomic E-state index is 0.853. The van der Waals surface area contributed by atoms with E-state index in [0.29, 0.717) is 0 Å². The van der Waals surface area contributed by atoms with E-state index >= 15 is 0 Å². The third-order valence-electron chi connectivity index (χ3n) is 7.89. The van der Waals surface area contributed by atoms with Crippen LogP contribution in [0, 0.1) is 0 Å². The van der Waals surface area contributed by atoms with Crippen LogP contribution in [0.3, 0.4) is 0 Å². The lowest BCUT2D eigenvalue weighted by Gasteiger charge is -2.09. The van der Waals surface area contributed by atoms with Gasteiger partial charge in [-0.25, -0.2) is 0 Å². The number of para-hydroxylation sites is 4. The number of nitrogens with zero attached hydrogens (tertiary/aromatic N) is 2. The van der Waals surface area contributed by atoms with E-state index in [-0.39, 0.29) is 0 Å². The lowest BCUT2D eigenvalue weighted by molar-refractivity contribution is 0.665. The predicted octanol–water partition coefficient (Wildman–Crippen LogP) is 9.91. The molecule has 0 spiro atoms. The van der Waals surface area contributed by atoms with Crippen LogP contribution in [-0.2, 0) is 0 Å². The number of benzene rings is 5. The average Bonchev–Trinajstić information content (AvgIpc) is 3.64. The Labute approximate surface area is 225 Å². The molecule has 8 aromatic rings. The first kappa shape index (κ1) is 21.8. The van der Waals surface area contributed by atoms with Gasteiger partial charge in [0.25, 0.3) is 0 Å². The van der Waals surface area contributed by atoms with Gasteiger partial charge in [0.2, 0.25) is 0 Å². The molecule has 0 aliphatic rings. The Kier molecular flexibility index (Phi) is 4.53. The number of rotatable bonds is 4. The zero-order valence-corrected chi connectivity index (χ0v) is 21.3. The Hall–Kier alpha value is -5.28. The number of hydrogen-bond acceptors (Lipinski definition) is 1. The van der Waals surface area contributed by atoms with E-state index in [2.05, 4.69) is 131 Å². The van der Waals surface area contributed by atoms with E-state index in [1.807, 2.05) is 12.2 Å². The Balaban J connectivity index is 1.43. The fourth-order valence-electron chi connectivity index (χ4n) is 6.25. The van der Waals surface area contributed by atoms with Gasteiger partial charge in [-0.15, -0.1) is 0 Å². The molecule has 184 valence electrons. The van der Waals surface area contributed by atoms with Crippen molar-refractivity contribution in [3.8, 4) is 11.4 Å². The van der Waals surface area contributed by atoms with Crippen molar-refractivity contribution in [2.75, 3.05) is 0 Å². The highest BCUT2D eigenvalue weighted by Gasteiger charge is 2.19. The topological polar surface area (TPSA) is 23.0 Å². The van der Waals surface area contributed by atoms with Gasteiger partial charge in [0, 0.05) is 38.2 Å². The SMILES string of the molecule is C=Cc1c(C=C)n(-c2cccc3c2oc2ccc(-n4c5ccccc5c5ccccc54)cc23)c2ccccc12. The molecule has 0 aliphatic carbocycles. The largest absolute Gasteiger partial charge is 0.454 e. The Morgan fingerprint density at radius 1 is 0.538 bits per heavy atom. The third kappa shape index (κ3) is 2.93. The van der Waals surface area contributed by atoms with Crippen molar-refractivity contribution >= 4 is 66.8 Å². The van der Waals surface area contributed by atoms with Crippen LogP contribution in [0.2, 0.25) is 0 Å². The number of fused-ring (bicyclic) bond motifs is 7. The van der Waals surface area contributed by atoms with Crippen LogP contribution in [0.25, 0.3) is 78.2 Å². The fraction of sp³-hybridized carbons (Fsp3) is 0. The summed E-state index contributed by atoms with van der Waals surface area (Å²) in [6, 6.07) is 38.4. The lowest BCUT2D eigenvalue weighted by Crippen LogP contribution is -1.97. The maximum absolute atomic E-state index is 6.59. The number of furan rings is 1. The molecule has 8 rings (SSSR count). The van der Waals surface area contributed by atoms with Crippen LogP contribution < -0.4 is 0 Å². The van der Waals surface area contributed by atoms with Crippen LogP contribution in [0.5, 0.6) is 0 Å². The van der Waals surface area contributed by atoms with Gasteiger partial charge in [0.05, 0.1) is 27.9 Å². The van der Waals surface area contributed by atoms with E-state index in [0.717, 1.165) is 55.5 Å². The molecule has 0 N–H and O–H groups in total. The van der Waals surface area contributed by atoms with Crippen molar-refractivity contribution in [3.63, 3.8) is 0 Å². The molecule has 0 aliphatic heterocycles. The highest BCUT2D eigenvalue weighted by Crippen LogP contribution is 2.39. The molecule has 3 heteroatoms. The molecule has 3 heterocycles. The zero-order chi connectivity index (χ0) is 26.1. The molecule has 0 bridgehead atoms. The summed E-state index contributed by atoms with van der Waals surface area (Å²) in [7, 11) is 0. The van der Waals surface area contributed by atoms with Crippen LogP contribution in [0.1, 0.15) is 11.3 Å². The van der Waals surface area contributed by atoms with E-state index in [4.69, 9.17) is 4.42 Å². The summed E-state index contributed by atoms with van der Waals surface area (Å²) in [5.74, 6) is 0. The van der Waals surface area contributed by atoms with Crippen molar-refractivity contribution in [2.45, 2.75) is 0 Å². The molecule has 3 nitrogen and oxygen atoms in total. The summed E-state index contributed by atoms with van der Waals surface area (Å²) in [6.07, 6.45) is 3.81. The molecule has 0 atom stereocenters. The minimum Gasteiger partial charge on any atom is -0.454 e. The molecule has 0 radical (unpaired) electrons. The average molecular weight is 501 g/mol. The summed E-state index contributed by atoms with van der Waals surface area (Å²) in [6.45, 7) is 8.22. The summed E-state index contributed by atoms with van der Waals surface area (Å²) in [4.78, 5) is 0. The Morgan fingerprint density at radius 2 is 1.15 bits per heavy atom. The summed E-state index contributed by atoms with van der Waals surface area (Å²) < 4.78 is 11.2. The molecule has 3 aromatic heterocycles. The maximum atomic E-state index is 6.59. The van der Waals surface area contributed by atoms with Crippen molar-refractivity contribution in [3.05, 3.63) is 134 Å². The molecule has 0 fully saturated rings. The van der Waals surface area contributed by atoms with Gasteiger partial charge in [-0.3, -0.25) is 0 Å². The fourth-order valence-corrected chi connectivity index (χ4v) is 6.25. The molecule has 0 saturated carbocycles. The monoisotopic (exact) mass is 500 g/mol. The van der Waals surface area contributed by atoms with Gasteiger partial charge in [-0.1, -0.05) is 86.0 Å². The zero-order valence-electron chi connectivity index (χ0n) is 21.3. The second kappa shape index (κ2) is 8.11. The molecule has 0 unspecified atom stereocenters. The Morgan fingerprint density at radius 3 is 1.82 bits per heavy atom. The number of aromatic nitrogens is 2. The first-order chi connectivity index (χ1) is 19.3.